The van der Waals surface area contributed by atoms with Crippen LogP contribution in [0.1, 0.15) is 66.6 Å². The van der Waals surface area contributed by atoms with E-state index in [9.17, 15) is 0 Å². The molecule has 0 aliphatic carbocycles. The summed E-state index contributed by atoms with van der Waals surface area (Å²) in [6.45, 7) is 16.7. The van der Waals surface area contributed by atoms with E-state index in [2.05, 4.69) is 63.3 Å². The molecule has 0 atom stereocenters. The highest BCUT2D eigenvalue weighted by molar-refractivity contribution is 5.00. The molecule has 0 unspecified atom stereocenters. The van der Waals surface area contributed by atoms with Crippen molar-refractivity contribution < 1.29 is 0 Å². The Labute approximate surface area is 112 Å². The highest BCUT2D eigenvalue weighted by Crippen LogP contribution is 2.27. The minimum absolute atomic E-state index is 0.143. The van der Waals surface area contributed by atoms with Crippen LogP contribution in [0.3, 0.4) is 0 Å². The minimum atomic E-state index is 0.143. The maximum Gasteiger partial charge on any atom is 0.0951 e. The molecule has 1 rings (SSSR count). The Hall–Kier alpha value is -0.830. The van der Waals surface area contributed by atoms with Gasteiger partial charge in [0, 0.05) is 24.3 Å². The van der Waals surface area contributed by atoms with Crippen LogP contribution in [0, 0.1) is 5.41 Å². The van der Waals surface area contributed by atoms with Crippen molar-refractivity contribution in [2.45, 2.75) is 73.0 Å². The van der Waals surface area contributed by atoms with Crippen LogP contribution in [-0.2, 0) is 6.54 Å². The predicted octanol–water partition coefficient (Wildman–Crippen LogP) is 3.77. The molecule has 0 saturated carbocycles. The van der Waals surface area contributed by atoms with E-state index in [1.165, 1.54) is 5.69 Å². The first-order chi connectivity index (χ1) is 8.11. The normalized spacial score (nSPS) is 13.3. The second kappa shape index (κ2) is 5.43. The molecule has 1 aromatic heterocycles. The molecule has 1 N–H and O–H groups in total. The summed E-state index contributed by atoms with van der Waals surface area (Å²) in [5.74, 6) is 0. The van der Waals surface area contributed by atoms with Crippen molar-refractivity contribution in [1.82, 2.24) is 14.9 Å². The zero-order valence-corrected chi connectivity index (χ0v) is 13.0. The van der Waals surface area contributed by atoms with Gasteiger partial charge in [-0.2, -0.15) is 0 Å². The molecule has 0 aromatic carbocycles. The van der Waals surface area contributed by atoms with E-state index in [0.717, 1.165) is 13.0 Å². The number of hydrogen-bond acceptors (Lipinski definition) is 2. The van der Waals surface area contributed by atoms with Crippen molar-refractivity contribution in [3.05, 3.63) is 18.2 Å². The Morgan fingerprint density at radius 3 is 2.33 bits per heavy atom. The summed E-state index contributed by atoms with van der Waals surface area (Å²) in [4.78, 5) is 4.24. The summed E-state index contributed by atoms with van der Waals surface area (Å²) in [7, 11) is 0. The molecule has 0 radical (unpaired) electrons. The first-order valence-corrected chi connectivity index (χ1v) is 6.86. The number of aromatic nitrogens is 2. The Morgan fingerprint density at radius 1 is 1.22 bits per heavy atom. The molecule has 0 aliphatic rings. The lowest BCUT2D eigenvalue weighted by molar-refractivity contribution is 0.239. The average Bonchev–Trinajstić information content (AvgIpc) is 2.58. The molecule has 0 bridgehead atoms. The Morgan fingerprint density at radius 2 is 1.83 bits per heavy atom. The molecule has 3 heteroatoms. The molecule has 0 fully saturated rings. The van der Waals surface area contributed by atoms with Gasteiger partial charge in [0.15, 0.2) is 0 Å². The van der Waals surface area contributed by atoms with Gasteiger partial charge in [-0.25, -0.2) is 4.98 Å². The van der Waals surface area contributed by atoms with E-state index in [1.807, 2.05) is 12.5 Å². The molecular weight excluding hydrogens is 222 g/mol. The largest absolute Gasteiger partial charge is 0.331 e. The van der Waals surface area contributed by atoms with E-state index in [0.29, 0.717) is 11.5 Å². The van der Waals surface area contributed by atoms with Gasteiger partial charge < -0.3 is 9.88 Å². The predicted molar refractivity (Wildman–Crippen MR) is 77.6 cm³/mol. The van der Waals surface area contributed by atoms with Crippen LogP contribution in [-0.4, -0.2) is 15.1 Å². The van der Waals surface area contributed by atoms with Crippen molar-refractivity contribution in [2.75, 3.05) is 0 Å². The van der Waals surface area contributed by atoms with Crippen LogP contribution in [0.4, 0.5) is 0 Å². The quantitative estimate of drug-likeness (QED) is 0.863. The first-order valence-electron chi connectivity index (χ1n) is 6.86. The molecule has 0 aliphatic heterocycles. The Bertz CT molecular complexity index is 369. The third-order valence-electron chi connectivity index (χ3n) is 3.02. The topological polar surface area (TPSA) is 29.9 Å². The van der Waals surface area contributed by atoms with Crippen LogP contribution < -0.4 is 5.32 Å². The molecular formula is C15H29N3. The zero-order chi connectivity index (χ0) is 14.0. The molecule has 1 heterocycles. The number of nitrogens with one attached hydrogen (secondary N) is 1. The third-order valence-corrected chi connectivity index (χ3v) is 3.02. The summed E-state index contributed by atoms with van der Waals surface area (Å²) < 4.78 is 2.22. The molecule has 3 nitrogen and oxygen atoms in total. The third kappa shape index (κ3) is 4.81. The smallest absolute Gasteiger partial charge is 0.0951 e. The van der Waals surface area contributed by atoms with E-state index >= 15 is 0 Å². The number of rotatable bonds is 5. The Kier molecular flexibility index (Phi) is 4.60. The number of imidazole rings is 1. The second-order valence-corrected chi connectivity index (χ2v) is 7.36. The van der Waals surface area contributed by atoms with Gasteiger partial charge in [0.2, 0.25) is 0 Å². The Balaban J connectivity index is 2.61. The van der Waals surface area contributed by atoms with Crippen LogP contribution in [0.15, 0.2) is 12.5 Å². The van der Waals surface area contributed by atoms with Crippen molar-refractivity contribution in [2.24, 2.45) is 5.41 Å². The van der Waals surface area contributed by atoms with Gasteiger partial charge in [-0.3, -0.25) is 0 Å². The van der Waals surface area contributed by atoms with Crippen LogP contribution in [0.25, 0.3) is 0 Å². The van der Waals surface area contributed by atoms with Gasteiger partial charge in [-0.15, -0.1) is 0 Å². The monoisotopic (exact) mass is 251 g/mol. The van der Waals surface area contributed by atoms with Gasteiger partial charge in [0.05, 0.1) is 12.0 Å². The maximum absolute atomic E-state index is 4.24. The second-order valence-electron chi connectivity index (χ2n) is 7.36. The highest BCUT2D eigenvalue weighted by atomic mass is 15.1. The van der Waals surface area contributed by atoms with E-state index in [-0.39, 0.29) is 5.54 Å². The number of nitrogens with zero attached hydrogens (tertiary/aromatic N) is 2. The molecule has 0 spiro atoms. The van der Waals surface area contributed by atoms with E-state index in [4.69, 9.17) is 0 Å². The summed E-state index contributed by atoms with van der Waals surface area (Å²) in [6, 6.07) is 0.468. The van der Waals surface area contributed by atoms with Crippen molar-refractivity contribution in [3.63, 3.8) is 0 Å². The molecule has 18 heavy (non-hydrogen) atoms. The van der Waals surface area contributed by atoms with Crippen molar-refractivity contribution in [3.8, 4) is 0 Å². The standard InChI is InChI=1S/C15H29N3/c1-12(2)18-11-16-8-13(18)9-17-15(6,7)10-14(3,4)5/h8,11-12,17H,9-10H2,1-7H3. The van der Waals surface area contributed by atoms with Crippen molar-refractivity contribution >= 4 is 0 Å². The van der Waals surface area contributed by atoms with Crippen LogP contribution in [0.2, 0.25) is 0 Å². The van der Waals surface area contributed by atoms with E-state index < -0.39 is 0 Å². The van der Waals surface area contributed by atoms with Crippen LogP contribution in [0.5, 0.6) is 0 Å². The van der Waals surface area contributed by atoms with Gasteiger partial charge >= 0.3 is 0 Å². The summed E-state index contributed by atoms with van der Waals surface area (Å²) in [5.41, 5.74) is 1.74. The summed E-state index contributed by atoms with van der Waals surface area (Å²) in [6.07, 6.45) is 5.02. The lowest BCUT2D eigenvalue weighted by Gasteiger charge is -2.33. The lowest BCUT2D eigenvalue weighted by atomic mass is 9.82. The molecule has 104 valence electrons. The fourth-order valence-corrected chi connectivity index (χ4v) is 2.65. The first kappa shape index (κ1) is 15.2. The van der Waals surface area contributed by atoms with Crippen LogP contribution >= 0.6 is 0 Å². The SMILES string of the molecule is CC(C)n1cncc1CNC(C)(C)CC(C)(C)C. The molecule has 1 aromatic rings. The minimum Gasteiger partial charge on any atom is -0.331 e. The highest BCUT2D eigenvalue weighted by Gasteiger charge is 2.25. The molecule has 0 amide bonds. The van der Waals surface area contributed by atoms with Gasteiger partial charge in [-0.05, 0) is 39.5 Å². The average molecular weight is 251 g/mol. The lowest BCUT2D eigenvalue weighted by Crippen LogP contribution is -2.42. The maximum atomic E-state index is 4.24. The summed E-state index contributed by atoms with van der Waals surface area (Å²) in [5, 5.41) is 3.65. The van der Waals surface area contributed by atoms with E-state index in [1.54, 1.807) is 0 Å². The van der Waals surface area contributed by atoms with Gasteiger partial charge in [-0.1, -0.05) is 20.8 Å². The number of hydrogen-bond donors (Lipinski definition) is 1. The van der Waals surface area contributed by atoms with Gasteiger partial charge in [0.25, 0.3) is 0 Å². The zero-order valence-electron chi connectivity index (χ0n) is 13.0. The fourth-order valence-electron chi connectivity index (χ4n) is 2.65. The fraction of sp³-hybridized carbons (Fsp3) is 0.800. The molecule has 0 saturated heterocycles. The summed E-state index contributed by atoms with van der Waals surface area (Å²) >= 11 is 0. The van der Waals surface area contributed by atoms with Gasteiger partial charge in [0.1, 0.15) is 0 Å². The van der Waals surface area contributed by atoms with Crippen molar-refractivity contribution in [1.29, 1.82) is 0 Å².